The van der Waals surface area contributed by atoms with Crippen molar-refractivity contribution in [1.82, 2.24) is 0 Å². The summed E-state index contributed by atoms with van der Waals surface area (Å²) in [4.78, 5) is 53.8. The first-order valence-electron chi connectivity index (χ1n) is 17.7. The smallest absolute Gasteiger partial charge is 0.338 e. The molecule has 0 aromatic heterocycles. The Labute approximate surface area is 309 Å². The highest BCUT2D eigenvalue weighted by Gasteiger charge is 2.54. The van der Waals surface area contributed by atoms with Crippen molar-refractivity contribution in [3.05, 3.63) is 144 Å². The van der Waals surface area contributed by atoms with Gasteiger partial charge < -0.3 is 23.7 Å². The number of rotatable bonds is 18. The summed E-state index contributed by atoms with van der Waals surface area (Å²) >= 11 is 1.44. The summed E-state index contributed by atoms with van der Waals surface area (Å²) in [5.41, 5.74) is 0.342. The van der Waals surface area contributed by atoms with Gasteiger partial charge in [-0.15, -0.1) is 11.8 Å². The fraction of sp³-hybridized carbons (Fsp3) is 0.333. The summed E-state index contributed by atoms with van der Waals surface area (Å²) in [6.45, 7) is 1.75. The van der Waals surface area contributed by atoms with Gasteiger partial charge in [-0.25, -0.2) is 19.2 Å². The molecule has 0 saturated carbocycles. The normalized spacial score (nSPS) is 18.6. The lowest BCUT2D eigenvalue weighted by molar-refractivity contribution is -0.0899. The van der Waals surface area contributed by atoms with Crippen LogP contribution in [-0.2, 0) is 23.7 Å². The summed E-state index contributed by atoms with van der Waals surface area (Å²) in [7, 11) is 0. The van der Waals surface area contributed by atoms with Crippen LogP contribution in [0.25, 0.3) is 0 Å². The van der Waals surface area contributed by atoms with Crippen LogP contribution in [0.4, 0.5) is 0 Å². The van der Waals surface area contributed by atoms with E-state index in [0.717, 1.165) is 32.1 Å². The maximum Gasteiger partial charge on any atom is 0.338 e. The van der Waals surface area contributed by atoms with Gasteiger partial charge in [0.1, 0.15) is 18.1 Å². The monoisotopic (exact) mass is 724 g/mol. The molecule has 0 radical (unpaired) electrons. The Morgan fingerprint density at radius 1 is 0.577 bits per heavy atom. The third kappa shape index (κ3) is 11.0. The first-order chi connectivity index (χ1) is 25.4. The molecule has 1 aliphatic rings. The molecular formula is C42H44O9S. The number of thioether (sulfide) groups is 1. The van der Waals surface area contributed by atoms with E-state index in [9.17, 15) is 19.2 Å². The number of hydrogen-bond acceptors (Lipinski definition) is 10. The lowest BCUT2D eigenvalue weighted by Crippen LogP contribution is -2.47. The van der Waals surface area contributed by atoms with Crippen LogP contribution in [0.5, 0.6) is 0 Å². The van der Waals surface area contributed by atoms with E-state index in [1.54, 1.807) is 121 Å². The molecule has 0 aliphatic carbocycles. The Bertz CT molecular complexity index is 1700. The molecule has 0 unspecified atom stereocenters. The molecule has 52 heavy (non-hydrogen) atoms. The number of carbonyl (C=O) groups is 4. The van der Waals surface area contributed by atoms with Crippen LogP contribution in [0.2, 0.25) is 0 Å². The molecule has 0 bridgehead atoms. The summed E-state index contributed by atoms with van der Waals surface area (Å²) in [5.74, 6) is -1.97. The van der Waals surface area contributed by atoms with Crippen molar-refractivity contribution >= 4 is 35.6 Å². The van der Waals surface area contributed by atoms with Gasteiger partial charge in [-0.05, 0) is 60.7 Å². The van der Waals surface area contributed by atoms with E-state index < -0.39 is 60.3 Å². The minimum Gasteiger partial charge on any atom is -0.458 e. The molecule has 10 heteroatoms. The van der Waals surface area contributed by atoms with E-state index in [2.05, 4.69) is 6.92 Å². The Hall–Kier alpha value is -4.93. The molecule has 0 N–H and O–H groups in total. The zero-order chi connectivity index (χ0) is 36.5. The number of benzene rings is 4. The maximum atomic E-state index is 13.6. The van der Waals surface area contributed by atoms with Crippen LogP contribution in [0.3, 0.4) is 0 Å². The van der Waals surface area contributed by atoms with E-state index in [-0.39, 0.29) is 11.1 Å². The van der Waals surface area contributed by atoms with Gasteiger partial charge in [0, 0.05) is 0 Å². The van der Waals surface area contributed by atoms with E-state index in [0.29, 0.717) is 16.9 Å². The predicted molar refractivity (Wildman–Crippen MR) is 198 cm³/mol. The lowest BCUT2D eigenvalue weighted by Gasteiger charge is -2.28. The summed E-state index contributed by atoms with van der Waals surface area (Å²) in [6.07, 6.45) is 1.75. The van der Waals surface area contributed by atoms with Crippen LogP contribution >= 0.6 is 11.8 Å². The average Bonchev–Trinajstić information content (AvgIpc) is 3.52. The largest absolute Gasteiger partial charge is 0.458 e. The Morgan fingerprint density at radius 2 is 1.02 bits per heavy atom. The number of hydrogen-bond donors (Lipinski definition) is 0. The fourth-order valence-electron chi connectivity index (χ4n) is 5.75. The van der Waals surface area contributed by atoms with Gasteiger partial charge in [0.25, 0.3) is 0 Å². The van der Waals surface area contributed by atoms with Crippen molar-refractivity contribution in [1.29, 1.82) is 0 Å². The van der Waals surface area contributed by atoms with Crippen molar-refractivity contribution < 1.29 is 42.9 Å². The highest BCUT2D eigenvalue weighted by molar-refractivity contribution is 7.99. The van der Waals surface area contributed by atoms with Crippen LogP contribution in [0.1, 0.15) is 86.9 Å². The SMILES string of the molecule is CCCCCCCCS[C@@H]1O[C@@H]([C@@H](COC(=O)c2ccccc2)OC(=O)c2ccccc2)[C@H](OC(=O)c2ccccc2)[C@H]1OC(=O)c1ccccc1. The molecule has 1 saturated heterocycles. The number of esters is 4. The molecule has 272 valence electrons. The number of ether oxygens (including phenoxy) is 5. The van der Waals surface area contributed by atoms with Crippen molar-refractivity contribution in [2.45, 2.75) is 75.3 Å². The first-order valence-corrected chi connectivity index (χ1v) is 18.8. The van der Waals surface area contributed by atoms with E-state index in [4.69, 9.17) is 23.7 Å². The molecule has 1 heterocycles. The molecule has 5 rings (SSSR count). The third-order valence-corrected chi connectivity index (χ3v) is 9.75. The van der Waals surface area contributed by atoms with Gasteiger partial charge in [-0.2, -0.15) is 0 Å². The van der Waals surface area contributed by atoms with Crippen LogP contribution in [0.15, 0.2) is 121 Å². The molecule has 1 aliphatic heterocycles. The lowest BCUT2D eigenvalue weighted by atomic mass is 10.1. The minimum absolute atomic E-state index is 0.263. The standard InChI is InChI=1S/C42H44O9S/c1-2-3-4-5-6-19-28-52-42-37(50-41(46)33-26-17-10-18-27-33)36(49-40(45)32-24-15-9-16-25-32)35(51-42)34(48-39(44)31-22-13-8-14-23-31)29-47-38(43)30-20-11-7-12-21-30/h7-18,20-27,34-37,42H,2-6,19,28-29H2,1H3/t34-,35+,36+,37-,42+/m1/s1. The molecule has 4 aromatic carbocycles. The molecular weight excluding hydrogens is 681 g/mol. The van der Waals surface area contributed by atoms with Gasteiger partial charge in [-0.1, -0.05) is 112 Å². The maximum absolute atomic E-state index is 13.6. The van der Waals surface area contributed by atoms with E-state index >= 15 is 0 Å². The van der Waals surface area contributed by atoms with Gasteiger partial charge in [0.15, 0.2) is 18.3 Å². The Balaban J connectivity index is 1.47. The molecule has 5 atom stereocenters. The van der Waals surface area contributed by atoms with Gasteiger partial charge >= 0.3 is 23.9 Å². The van der Waals surface area contributed by atoms with Crippen LogP contribution < -0.4 is 0 Å². The van der Waals surface area contributed by atoms with Crippen molar-refractivity contribution in [3.8, 4) is 0 Å². The van der Waals surface area contributed by atoms with Crippen molar-refractivity contribution in [3.63, 3.8) is 0 Å². The predicted octanol–water partition coefficient (Wildman–Crippen LogP) is 8.34. The molecule has 4 aromatic rings. The first kappa shape index (κ1) is 38.3. The average molecular weight is 725 g/mol. The molecule has 1 fully saturated rings. The number of carbonyl (C=O) groups excluding carboxylic acids is 4. The van der Waals surface area contributed by atoms with Gasteiger partial charge in [0.05, 0.1) is 22.3 Å². The van der Waals surface area contributed by atoms with E-state index in [1.807, 2.05) is 0 Å². The molecule has 0 spiro atoms. The highest BCUT2D eigenvalue weighted by atomic mass is 32.2. The van der Waals surface area contributed by atoms with Crippen LogP contribution in [0, 0.1) is 0 Å². The van der Waals surface area contributed by atoms with Gasteiger partial charge in [0.2, 0.25) is 0 Å². The Kier molecular flexibility index (Phi) is 14.9. The summed E-state index contributed by atoms with van der Waals surface area (Å²) < 4.78 is 30.5. The second-order valence-electron chi connectivity index (χ2n) is 12.4. The minimum atomic E-state index is -1.26. The topological polar surface area (TPSA) is 114 Å². The second-order valence-corrected chi connectivity index (χ2v) is 13.6. The summed E-state index contributed by atoms with van der Waals surface area (Å²) in [5, 5.41) is 0. The quantitative estimate of drug-likeness (QED) is 0.0564. The van der Waals surface area contributed by atoms with Gasteiger partial charge in [-0.3, -0.25) is 0 Å². The zero-order valence-electron chi connectivity index (χ0n) is 29.2. The fourth-order valence-corrected chi connectivity index (χ4v) is 6.96. The molecule has 9 nitrogen and oxygen atoms in total. The van der Waals surface area contributed by atoms with Crippen molar-refractivity contribution in [2.24, 2.45) is 0 Å². The number of unbranched alkanes of at least 4 members (excludes halogenated alkanes) is 5. The Morgan fingerprint density at radius 3 is 1.54 bits per heavy atom. The second kappa shape index (κ2) is 20.2. The van der Waals surface area contributed by atoms with Crippen LogP contribution in [-0.4, -0.2) is 66.1 Å². The van der Waals surface area contributed by atoms with E-state index in [1.165, 1.54) is 18.2 Å². The van der Waals surface area contributed by atoms with Crippen molar-refractivity contribution in [2.75, 3.05) is 12.4 Å². The molecule has 0 amide bonds. The highest BCUT2D eigenvalue weighted by Crippen LogP contribution is 2.37. The third-order valence-electron chi connectivity index (χ3n) is 8.51. The zero-order valence-corrected chi connectivity index (χ0v) is 30.0. The summed E-state index contributed by atoms with van der Waals surface area (Å²) in [6, 6.07) is 33.7.